The van der Waals surface area contributed by atoms with Crippen molar-refractivity contribution in [3.05, 3.63) is 53.1 Å². The van der Waals surface area contributed by atoms with Gasteiger partial charge in [-0.3, -0.25) is 0 Å². The zero-order valence-corrected chi connectivity index (χ0v) is 11.6. The van der Waals surface area contributed by atoms with Gasteiger partial charge in [-0.05, 0) is 48.1 Å². The largest absolute Gasteiger partial charge is 0.398 e. The molecule has 0 aliphatic rings. The number of rotatable bonds is 2. The number of hydrogen-bond donors (Lipinski definition) is 1. The van der Waals surface area contributed by atoms with E-state index in [1.165, 1.54) is 27.8 Å². The predicted molar refractivity (Wildman–Crippen MR) is 79.9 cm³/mol. The first-order valence-electron chi connectivity index (χ1n) is 6.46. The molecule has 0 aromatic heterocycles. The van der Waals surface area contributed by atoms with Gasteiger partial charge in [0.05, 0.1) is 0 Å². The van der Waals surface area contributed by atoms with Crippen LogP contribution in [0.25, 0.3) is 11.1 Å². The van der Waals surface area contributed by atoms with E-state index in [1.54, 1.807) is 0 Å². The van der Waals surface area contributed by atoms with Crippen LogP contribution in [0.3, 0.4) is 0 Å². The van der Waals surface area contributed by atoms with Crippen molar-refractivity contribution in [2.75, 3.05) is 5.73 Å². The molecule has 0 radical (unpaired) electrons. The highest BCUT2D eigenvalue weighted by Gasteiger charge is 2.07. The SMILES string of the molecule is Cc1ccc(C)c(-c2ccc(C(C)C)c(N)c2)c1. The lowest BCUT2D eigenvalue weighted by Crippen LogP contribution is -1.97. The van der Waals surface area contributed by atoms with Crippen molar-refractivity contribution in [3.63, 3.8) is 0 Å². The summed E-state index contributed by atoms with van der Waals surface area (Å²) in [6.45, 7) is 8.60. The average Bonchev–Trinajstić information content (AvgIpc) is 2.31. The Morgan fingerprint density at radius 1 is 0.944 bits per heavy atom. The standard InChI is InChI=1S/C17H21N/c1-11(2)15-8-7-14(10-17(15)18)16-9-12(3)5-6-13(16)4/h5-11H,18H2,1-4H3. The maximum absolute atomic E-state index is 6.15. The quantitative estimate of drug-likeness (QED) is 0.757. The second-order valence-corrected chi connectivity index (χ2v) is 5.32. The predicted octanol–water partition coefficient (Wildman–Crippen LogP) is 4.68. The van der Waals surface area contributed by atoms with E-state index in [0.29, 0.717) is 5.92 Å². The minimum absolute atomic E-state index is 0.470. The number of benzene rings is 2. The first kappa shape index (κ1) is 12.7. The van der Waals surface area contributed by atoms with E-state index in [-0.39, 0.29) is 0 Å². The summed E-state index contributed by atoms with van der Waals surface area (Å²) in [4.78, 5) is 0. The fraction of sp³-hybridized carbons (Fsp3) is 0.294. The zero-order chi connectivity index (χ0) is 13.3. The minimum Gasteiger partial charge on any atom is -0.398 e. The molecular weight excluding hydrogens is 218 g/mol. The molecule has 0 spiro atoms. The fourth-order valence-corrected chi connectivity index (χ4v) is 2.31. The van der Waals surface area contributed by atoms with Gasteiger partial charge in [-0.25, -0.2) is 0 Å². The summed E-state index contributed by atoms with van der Waals surface area (Å²) >= 11 is 0. The van der Waals surface area contributed by atoms with Crippen LogP contribution in [0.15, 0.2) is 36.4 Å². The Kier molecular flexibility index (Phi) is 3.42. The normalized spacial score (nSPS) is 10.9. The number of nitrogens with two attached hydrogens (primary N) is 1. The van der Waals surface area contributed by atoms with Crippen molar-refractivity contribution < 1.29 is 0 Å². The summed E-state index contributed by atoms with van der Waals surface area (Å²) < 4.78 is 0. The van der Waals surface area contributed by atoms with E-state index >= 15 is 0 Å². The Morgan fingerprint density at radius 3 is 2.28 bits per heavy atom. The monoisotopic (exact) mass is 239 g/mol. The molecule has 0 atom stereocenters. The van der Waals surface area contributed by atoms with E-state index in [4.69, 9.17) is 5.73 Å². The Morgan fingerprint density at radius 2 is 1.67 bits per heavy atom. The van der Waals surface area contributed by atoms with Gasteiger partial charge >= 0.3 is 0 Å². The number of aryl methyl sites for hydroxylation is 2. The van der Waals surface area contributed by atoms with Crippen LogP contribution in [-0.4, -0.2) is 0 Å². The summed E-state index contributed by atoms with van der Waals surface area (Å²) in [6, 6.07) is 12.9. The maximum atomic E-state index is 6.15. The molecule has 2 rings (SSSR count). The maximum Gasteiger partial charge on any atom is 0.0355 e. The van der Waals surface area contributed by atoms with Gasteiger partial charge in [-0.1, -0.05) is 49.7 Å². The second-order valence-electron chi connectivity index (χ2n) is 5.32. The van der Waals surface area contributed by atoms with Crippen molar-refractivity contribution in [3.8, 4) is 11.1 Å². The molecule has 0 saturated heterocycles. The number of hydrogen-bond acceptors (Lipinski definition) is 1. The number of anilines is 1. The van der Waals surface area contributed by atoms with Gasteiger partial charge in [0.1, 0.15) is 0 Å². The molecule has 1 nitrogen and oxygen atoms in total. The molecule has 0 aliphatic carbocycles. The summed E-state index contributed by atoms with van der Waals surface area (Å²) in [6.07, 6.45) is 0. The highest BCUT2D eigenvalue weighted by Crippen LogP contribution is 2.30. The lowest BCUT2D eigenvalue weighted by molar-refractivity contribution is 0.870. The van der Waals surface area contributed by atoms with Gasteiger partial charge in [0, 0.05) is 5.69 Å². The van der Waals surface area contributed by atoms with E-state index in [9.17, 15) is 0 Å². The lowest BCUT2D eigenvalue weighted by Gasteiger charge is -2.13. The molecular formula is C17H21N. The Hall–Kier alpha value is -1.76. The Bertz CT molecular complexity index is 568. The van der Waals surface area contributed by atoms with E-state index in [2.05, 4.69) is 64.1 Å². The Labute approximate surface area is 110 Å². The van der Waals surface area contributed by atoms with Gasteiger partial charge in [0.2, 0.25) is 0 Å². The van der Waals surface area contributed by atoms with Gasteiger partial charge in [-0.2, -0.15) is 0 Å². The first-order chi connectivity index (χ1) is 8.49. The van der Waals surface area contributed by atoms with Gasteiger partial charge < -0.3 is 5.73 Å². The highest BCUT2D eigenvalue weighted by molar-refractivity contribution is 5.72. The summed E-state index contributed by atoms with van der Waals surface area (Å²) in [5, 5.41) is 0. The van der Waals surface area contributed by atoms with Gasteiger partial charge in [0.25, 0.3) is 0 Å². The Balaban J connectivity index is 2.52. The van der Waals surface area contributed by atoms with Crippen LogP contribution >= 0.6 is 0 Å². The topological polar surface area (TPSA) is 26.0 Å². The molecule has 0 amide bonds. The molecule has 94 valence electrons. The van der Waals surface area contributed by atoms with Crippen molar-refractivity contribution in [1.82, 2.24) is 0 Å². The van der Waals surface area contributed by atoms with Crippen LogP contribution < -0.4 is 5.73 Å². The van der Waals surface area contributed by atoms with Crippen LogP contribution in [0.5, 0.6) is 0 Å². The van der Waals surface area contributed by atoms with Gasteiger partial charge in [-0.15, -0.1) is 0 Å². The third-order valence-corrected chi connectivity index (χ3v) is 3.41. The summed E-state index contributed by atoms with van der Waals surface area (Å²) in [7, 11) is 0. The third kappa shape index (κ3) is 2.40. The van der Waals surface area contributed by atoms with Gasteiger partial charge in [0.15, 0.2) is 0 Å². The smallest absolute Gasteiger partial charge is 0.0355 e. The molecule has 2 aromatic carbocycles. The molecule has 0 unspecified atom stereocenters. The van der Waals surface area contributed by atoms with Crippen LogP contribution in [0.1, 0.15) is 36.5 Å². The van der Waals surface area contributed by atoms with Crippen molar-refractivity contribution in [2.24, 2.45) is 0 Å². The van der Waals surface area contributed by atoms with Crippen LogP contribution in [0, 0.1) is 13.8 Å². The van der Waals surface area contributed by atoms with E-state index in [0.717, 1.165) is 5.69 Å². The van der Waals surface area contributed by atoms with E-state index < -0.39 is 0 Å². The van der Waals surface area contributed by atoms with E-state index in [1.807, 2.05) is 0 Å². The first-order valence-corrected chi connectivity index (χ1v) is 6.46. The summed E-state index contributed by atoms with van der Waals surface area (Å²) in [5.41, 5.74) is 13.3. The van der Waals surface area contributed by atoms with Crippen LogP contribution in [0.4, 0.5) is 5.69 Å². The second kappa shape index (κ2) is 4.85. The third-order valence-electron chi connectivity index (χ3n) is 3.41. The molecule has 0 aliphatic heterocycles. The van der Waals surface area contributed by atoms with Crippen molar-refractivity contribution in [1.29, 1.82) is 0 Å². The average molecular weight is 239 g/mol. The molecule has 2 aromatic rings. The van der Waals surface area contributed by atoms with Crippen LogP contribution in [0.2, 0.25) is 0 Å². The molecule has 2 N–H and O–H groups in total. The lowest BCUT2D eigenvalue weighted by atomic mass is 9.94. The highest BCUT2D eigenvalue weighted by atomic mass is 14.6. The van der Waals surface area contributed by atoms with Crippen molar-refractivity contribution >= 4 is 5.69 Å². The molecule has 18 heavy (non-hydrogen) atoms. The van der Waals surface area contributed by atoms with Crippen LogP contribution in [-0.2, 0) is 0 Å². The van der Waals surface area contributed by atoms with Crippen molar-refractivity contribution in [2.45, 2.75) is 33.6 Å². The molecule has 0 heterocycles. The minimum atomic E-state index is 0.470. The molecule has 0 saturated carbocycles. The molecule has 0 fully saturated rings. The number of nitrogen functional groups attached to an aromatic ring is 1. The molecule has 1 heteroatoms. The summed E-state index contributed by atoms with van der Waals surface area (Å²) in [5.74, 6) is 0.470. The fourth-order valence-electron chi connectivity index (χ4n) is 2.31. The zero-order valence-electron chi connectivity index (χ0n) is 11.6. The molecule has 0 bridgehead atoms.